The van der Waals surface area contributed by atoms with Gasteiger partial charge in [-0.2, -0.15) is 0 Å². The van der Waals surface area contributed by atoms with Gasteiger partial charge in [-0.1, -0.05) is 0 Å². The molecule has 6 heteroatoms. The van der Waals surface area contributed by atoms with Crippen LogP contribution in [-0.2, 0) is 10.0 Å². The van der Waals surface area contributed by atoms with Crippen molar-refractivity contribution in [1.29, 1.82) is 0 Å². The van der Waals surface area contributed by atoms with Crippen molar-refractivity contribution in [2.45, 2.75) is 25.8 Å². The molecule has 2 N–H and O–H groups in total. The zero-order chi connectivity index (χ0) is 14.6. The molecule has 0 amide bonds. The number of nitrogens with one attached hydrogen (secondary N) is 2. The van der Waals surface area contributed by atoms with E-state index in [0.717, 1.165) is 18.8 Å². The third-order valence-electron chi connectivity index (χ3n) is 3.53. The highest BCUT2D eigenvalue weighted by Gasteiger charge is 2.16. The molecule has 0 aliphatic carbocycles. The number of benzene rings is 1. The molecule has 112 valence electrons. The van der Waals surface area contributed by atoms with E-state index in [4.69, 9.17) is 0 Å². The molecule has 1 unspecified atom stereocenters. The van der Waals surface area contributed by atoms with Crippen molar-refractivity contribution in [2.75, 3.05) is 35.9 Å². The largest absolute Gasteiger partial charge is 0.381 e. The van der Waals surface area contributed by atoms with Crippen LogP contribution < -0.4 is 10.0 Å². The number of anilines is 2. The van der Waals surface area contributed by atoms with Gasteiger partial charge >= 0.3 is 0 Å². The summed E-state index contributed by atoms with van der Waals surface area (Å²) in [5.74, 6) is 0.0847. The molecule has 5 nitrogen and oxygen atoms in total. The summed E-state index contributed by atoms with van der Waals surface area (Å²) in [4.78, 5) is 2.32. The number of likely N-dealkylation sites (N-methyl/N-ethyl adjacent to an activating group) is 1. The molecule has 1 aromatic rings. The Hall–Kier alpha value is -1.27. The van der Waals surface area contributed by atoms with Crippen molar-refractivity contribution in [3.8, 4) is 0 Å². The summed E-state index contributed by atoms with van der Waals surface area (Å²) < 4.78 is 25.5. The second kappa shape index (κ2) is 6.45. The second-order valence-corrected chi connectivity index (χ2v) is 7.34. The average Bonchev–Trinajstić information content (AvgIpc) is 2.41. The molecule has 1 saturated heterocycles. The van der Waals surface area contributed by atoms with Crippen LogP contribution in [0.4, 0.5) is 11.4 Å². The number of likely N-dealkylation sites (tertiary alicyclic amines) is 1. The highest BCUT2D eigenvalue weighted by Crippen LogP contribution is 2.18. The van der Waals surface area contributed by atoms with E-state index in [1.54, 1.807) is 19.1 Å². The lowest BCUT2D eigenvalue weighted by Gasteiger charge is -2.30. The van der Waals surface area contributed by atoms with Crippen LogP contribution in [0.25, 0.3) is 0 Å². The van der Waals surface area contributed by atoms with Gasteiger partial charge in [-0.3, -0.25) is 4.72 Å². The highest BCUT2D eigenvalue weighted by atomic mass is 32.2. The average molecular weight is 297 g/mol. The summed E-state index contributed by atoms with van der Waals surface area (Å²) in [6, 6.07) is 7.89. The first kappa shape index (κ1) is 15.1. The lowest BCUT2D eigenvalue weighted by Crippen LogP contribution is -2.39. The maximum Gasteiger partial charge on any atom is 0.232 e. The quantitative estimate of drug-likeness (QED) is 0.872. The van der Waals surface area contributed by atoms with Gasteiger partial charge < -0.3 is 10.2 Å². The number of nitrogens with zero attached hydrogens (tertiary/aromatic N) is 1. The summed E-state index contributed by atoms with van der Waals surface area (Å²) in [5, 5.41) is 3.50. The van der Waals surface area contributed by atoms with E-state index in [2.05, 4.69) is 22.0 Å². The number of hydrogen-bond acceptors (Lipinski definition) is 4. The van der Waals surface area contributed by atoms with Crippen LogP contribution in [0.2, 0.25) is 0 Å². The van der Waals surface area contributed by atoms with E-state index in [1.807, 2.05) is 12.1 Å². The first-order chi connectivity index (χ1) is 9.48. The predicted molar refractivity (Wildman–Crippen MR) is 83.7 cm³/mol. The monoisotopic (exact) mass is 297 g/mol. The molecule has 0 aromatic heterocycles. The maximum absolute atomic E-state index is 11.5. The van der Waals surface area contributed by atoms with Crippen molar-refractivity contribution in [1.82, 2.24) is 4.90 Å². The fraction of sp³-hybridized carbons (Fsp3) is 0.571. The van der Waals surface area contributed by atoms with Crippen LogP contribution in [0.3, 0.4) is 0 Å². The fourth-order valence-corrected chi connectivity index (χ4v) is 3.05. The van der Waals surface area contributed by atoms with E-state index >= 15 is 0 Å². The van der Waals surface area contributed by atoms with Gasteiger partial charge in [-0.15, -0.1) is 0 Å². The molecule has 0 saturated carbocycles. The molecule has 1 aliphatic heterocycles. The molecule has 1 atom stereocenters. The molecule has 0 spiro atoms. The third-order valence-corrected chi connectivity index (χ3v) is 4.84. The standard InChI is InChI=1S/C14H23N3O2S/c1-3-20(18,19)16-13-8-6-12(7-9-13)15-14-5-4-10-17(2)11-14/h6-9,14-16H,3-5,10-11H2,1-2H3. The second-order valence-electron chi connectivity index (χ2n) is 5.33. The SMILES string of the molecule is CCS(=O)(=O)Nc1ccc(NC2CCCN(C)C2)cc1. The van der Waals surface area contributed by atoms with Crippen molar-refractivity contribution >= 4 is 21.4 Å². The molecule has 20 heavy (non-hydrogen) atoms. The van der Waals surface area contributed by atoms with Crippen molar-refractivity contribution < 1.29 is 8.42 Å². The zero-order valence-corrected chi connectivity index (χ0v) is 12.9. The van der Waals surface area contributed by atoms with Gasteiger partial charge in [0.05, 0.1) is 5.75 Å². The van der Waals surface area contributed by atoms with Gasteiger partial charge in [0.2, 0.25) is 10.0 Å². The Kier molecular flexibility index (Phi) is 4.88. The predicted octanol–water partition coefficient (Wildman–Crippen LogP) is 1.95. The third kappa shape index (κ3) is 4.38. The molecule has 2 rings (SSSR count). The molecule has 1 aliphatic rings. The van der Waals surface area contributed by atoms with Gasteiger partial charge in [0.15, 0.2) is 0 Å². The smallest absolute Gasteiger partial charge is 0.232 e. The van der Waals surface area contributed by atoms with E-state index in [-0.39, 0.29) is 5.75 Å². The minimum Gasteiger partial charge on any atom is -0.381 e. The van der Waals surface area contributed by atoms with Crippen molar-refractivity contribution in [3.05, 3.63) is 24.3 Å². The fourth-order valence-electron chi connectivity index (χ4n) is 2.41. The molecular weight excluding hydrogens is 274 g/mol. The van der Waals surface area contributed by atoms with E-state index in [1.165, 1.54) is 12.8 Å². The Labute approximate surface area is 121 Å². The Morgan fingerprint density at radius 2 is 1.90 bits per heavy atom. The Balaban J connectivity index is 1.94. The topological polar surface area (TPSA) is 61.4 Å². The number of hydrogen-bond donors (Lipinski definition) is 2. The van der Waals surface area contributed by atoms with Gasteiger partial charge in [0.1, 0.15) is 0 Å². The van der Waals surface area contributed by atoms with Crippen LogP contribution >= 0.6 is 0 Å². The van der Waals surface area contributed by atoms with Crippen molar-refractivity contribution in [2.24, 2.45) is 0 Å². The van der Waals surface area contributed by atoms with Gasteiger partial charge in [0.25, 0.3) is 0 Å². The van der Waals surface area contributed by atoms with Crippen LogP contribution in [-0.4, -0.2) is 45.2 Å². The summed E-state index contributed by atoms with van der Waals surface area (Å²) in [6.45, 7) is 3.83. The van der Waals surface area contributed by atoms with Gasteiger partial charge in [0, 0.05) is 24.0 Å². The maximum atomic E-state index is 11.5. The van der Waals surface area contributed by atoms with E-state index < -0.39 is 10.0 Å². The van der Waals surface area contributed by atoms with Crippen LogP contribution in [0.15, 0.2) is 24.3 Å². The van der Waals surface area contributed by atoms with Gasteiger partial charge in [-0.25, -0.2) is 8.42 Å². The minimum atomic E-state index is -3.20. The number of sulfonamides is 1. The first-order valence-electron chi connectivity index (χ1n) is 7.04. The van der Waals surface area contributed by atoms with E-state index in [0.29, 0.717) is 11.7 Å². The molecule has 0 radical (unpaired) electrons. The summed E-state index contributed by atoms with van der Waals surface area (Å²) in [6.07, 6.45) is 2.39. The molecule has 0 bridgehead atoms. The lowest BCUT2D eigenvalue weighted by molar-refractivity contribution is 0.261. The van der Waals surface area contributed by atoms with Gasteiger partial charge in [-0.05, 0) is 57.6 Å². The Morgan fingerprint density at radius 3 is 2.50 bits per heavy atom. The van der Waals surface area contributed by atoms with E-state index in [9.17, 15) is 8.42 Å². The first-order valence-corrected chi connectivity index (χ1v) is 8.69. The molecule has 1 aromatic carbocycles. The molecule has 1 heterocycles. The highest BCUT2D eigenvalue weighted by molar-refractivity contribution is 7.92. The minimum absolute atomic E-state index is 0.0847. The van der Waals surface area contributed by atoms with Crippen LogP contribution in [0.1, 0.15) is 19.8 Å². The number of piperidine rings is 1. The molecular formula is C14H23N3O2S. The Bertz CT molecular complexity index is 528. The summed E-state index contributed by atoms with van der Waals surface area (Å²) in [7, 11) is -1.06. The molecule has 1 fully saturated rings. The summed E-state index contributed by atoms with van der Waals surface area (Å²) in [5.41, 5.74) is 1.64. The van der Waals surface area contributed by atoms with Crippen LogP contribution in [0.5, 0.6) is 0 Å². The summed E-state index contributed by atoms with van der Waals surface area (Å²) >= 11 is 0. The zero-order valence-electron chi connectivity index (χ0n) is 12.1. The lowest BCUT2D eigenvalue weighted by atomic mass is 10.1. The van der Waals surface area contributed by atoms with Crippen molar-refractivity contribution in [3.63, 3.8) is 0 Å². The number of rotatable bonds is 5. The van der Waals surface area contributed by atoms with Crippen LogP contribution in [0, 0.1) is 0 Å². The Morgan fingerprint density at radius 1 is 1.25 bits per heavy atom. The normalized spacial score (nSPS) is 20.6.